The number of hydrogen-bond acceptors (Lipinski definition) is 7. The molecule has 0 heterocycles. The lowest BCUT2D eigenvalue weighted by Gasteiger charge is -2.13. The van der Waals surface area contributed by atoms with Crippen LogP contribution in [-0.4, -0.2) is 44.2 Å². The van der Waals surface area contributed by atoms with Crippen LogP contribution in [0.1, 0.15) is 23.2 Å². The second kappa shape index (κ2) is 9.90. The monoisotopic (exact) mass is 429 g/mol. The van der Waals surface area contributed by atoms with Crippen molar-refractivity contribution in [3.05, 3.63) is 52.1 Å². The molecule has 3 rings (SSSR count). The average Bonchev–Trinajstić information content (AvgIpc) is 3.60. The van der Waals surface area contributed by atoms with Crippen molar-refractivity contribution in [2.75, 3.05) is 38.1 Å². The molecule has 2 N–H and O–H groups in total. The van der Waals surface area contributed by atoms with Crippen molar-refractivity contribution in [3.63, 3.8) is 0 Å². The van der Waals surface area contributed by atoms with Gasteiger partial charge >= 0.3 is 0 Å². The summed E-state index contributed by atoms with van der Waals surface area (Å²) in [6, 6.07) is 8.92. The molecule has 2 aromatic carbocycles. The van der Waals surface area contributed by atoms with Crippen LogP contribution in [0.25, 0.3) is 0 Å². The first-order valence-corrected chi connectivity index (χ1v) is 9.63. The fraction of sp³-hybridized carbons (Fsp3) is 0.333. The molecule has 0 saturated heterocycles. The van der Waals surface area contributed by atoms with Gasteiger partial charge in [-0.2, -0.15) is 0 Å². The Morgan fingerprint density at radius 1 is 1.03 bits per heavy atom. The first-order chi connectivity index (χ1) is 14.9. The topological polar surface area (TPSA) is 129 Å². The van der Waals surface area contributed by atoms with Crippen molar-refractivity contribution in [1.29, 1.82) is 0 Å². The molecule has 1 aliphatic rings. The third-order valence-corrected chi connectivity index (χ3v) is 4.63. The number of rotatable bonds is 10. The molecule has 164 valence electrons. The predicted octanol–water partition coefficient (Wildman–Crippen LogP) is 3.23. The molecule has 0 aliphatic heterocycles. The van der Waals surface area contributed by atoms with Crippen molar-refractivity contribution in [3.8, 4) is 11.5 Å². The normalized spacial score (nSPS) is 12.7. The van der Waals surface area contributed by atoms with Crippen LogP contribution in [0.15, 0.2) is 36.4 Å². The van der Waals surface area contributed by atoms with E-state index in [9.17, 15) is 19.7 Å². The number of carbonyl (C=O) groups is 2. The largest absolute Gasteiger partial charge is 0.493 e. The molecule has 1 aliphatic carbocycles. The third-order valence-electron chi connectivity index (χ3n) is 4.63. The lowest BCUT2D eigenvalue weighted by Crippen LogP contribution is -2.15. The minimum Gasteiger partial charge on any atom is -0.493 e. The Hall–Kier alpha value is -3.66. The number of amides is 2. The SMILES string of the molecule is COCCOc1cc([N+](=O)[O-])c(C(=O)Nc2ccc(NC(=O)C3CC3)cc2)cc1OC. The molecule has 0 atom stereocenters. The number of anilines is 2. The zero-order valence-electron chi connectivity index (χ0n) is 17.2. The molecule has 2 amide bonds. The molecule has 10 nitrogen and oxygen atoms in total. The van der Waals surface area contributed by atoms with Gasteiger partial charge in [-0.3, -0.25) is 19.7 Å². The van der Waals surface area contributed by atoms with Crippen LogP contribution in [0.3, 0.4) is 0 Å². The van der Waals surface area contributed by atoms with E-state index in [1.807, 2.05) is 0 Å². The smallest absolute Gasteiger partial charge is 0.286 e. The fourth-order valence-corrected chi connectivity index (χ4v) is 2.81. The van der Waals surface area contributed by atoms with Crippen LogP contribution in [-0.2, 0) is 9.53 Å². The van der Waals surface area contributed by atoms with Crippen LogP contribution in [0, 0.1) is 16.0 Å². The Balaban J connectivity index is 1.76. The van der Waals surface area contributed by atoms with E-state index in [4.69, 9.17) is 14.2 Å². The average molecular weight is 429 g/mol. The summed E-state index contributed by atoms with van der Waals surface area (Å²) in [5, 5.41) is 17.0. The van der Waals surface area contributed by atoms with Gasteiger partial charge < -0.3 is 24.8 Å². The minimum absolute atomic E-state index is 0.0210. The summed E-state index contributed by atoms with van der Waals surface area (Å²) >= 11 is 0. The summed E-state index contributed by atoms with van der Waals surface area (Å²) in [5.74, 6) is -0.296. The van der Waals surface area contributed by atoms with Crippen molar-refractivity contribution >= 4 is 28.9 Å². The molecular formula is C21H23N3O7. The number of carbonyl (C=O) groups excluding carboxylic acids is 2. The van der Waals surface area contributed by atoms with Gasteiger partial charge in [0, 0.05) is 30.5 Å². The fourth-order valence-electron chi connectivity index (χ4n) is 2.81. The van der Waals surface area contributed by atoms with Gasteiger partial charge in [-0.1, -0.05) is 0 Å². The molecule has 1 fully saturated rings. The zero-order valence-corrected chi connectivity index (χ0v) is 17.2. The highest BCUT2D eigenvalue weighted by Gasteiger charge is 2.29. The highest BCUT2D eigenvalue weighted by atomic mass is 16.6. The Labute approximate surface area is 178 Å². The first kappa shape index (κ1) is 22.0. The van der Waals surface area contributed by atoms with Crippen LogP contribution in [0.4, 0.5) is 17.1 Å². The Kier molecular flexibility index (Phi) is 7.03. The summed E-state index contributed by atoms with van der Waals surface area (Å²) in [5.41, 5.74) is 0.439. The van der Waals surface area contributed by atoms with Gasteiger partial charge in [-0.15, -0.1) is 0 Å². The maximum atomic E-state index is 12.7. The lowest BCUT2D eigenvalue weighted by atomic mass is 10.1. The highest BCUT2D eigenvalue weighted by molar-refractivity contribution is 6.07. The standard InChI is InChI=1S/C21H23N3O7/c1-29-9-10-31-19-12-17(24(27)28)16(11-18(19)30-2)21(26)23-15-7-5-14(6-8-15)22-20(25)13-3-4-13/h5-8,11-13H,3-4,9-10H2,1-2H3,(H,22,25)(H,23,26). The van der Waals surface area contributed by atoms with Crippen molar-refractivity contribution in [1.82, 2.24) is 0 Å². The molecule has 2 aromatic rings. The second-order valence-electron chi connectivity index (χ2n) is 6.91. The number of methoxy groups -OCH3 is 2. The van der Waals surface area contributed by atoms with E-state index in [0.29, 0.717) is 11.4 Å². The van der Waals surface area contributed by atoms with E-state index in [-0.39, 0.29) is 42.1 Å². The number of nitro benzene ring substituents is 1. The van der Waals surface area contributed by atoms with Crippen LogP contribution in [0.2, 0.25) is 0 Å². The number of nitro groups is 1. The van der Waals surface area contributed by atoms with Gasteiger partial charge in [0.25, 0.3) is 11.6 Å². The van der Waals surface area contributed by atoms with E-state index in [1.54, 1.807) is 24.3 Å². The van der Waals surface area contributed by atoms with Crippen LogP contribution < -0.4 is 20.1 Å². The van der Waals surface area contributed by atoms with E-state index < -0.39 is 16.5 Å². The molecule has 0 bridgehead atoms. The van der Waals surface area contributed by atoms with Crippen molar-refractivity contribution < 1.29 is 28.7 Å². The van der Waals surface area contributed by atoms with Crippen molar-refractivity contribution in [2.24, 2.45) is 5.92 Å². The van der Waals surface area contributed by atoms with Gasteiger partial charge in [-0.25, -0.2) is 0 Å². The van der Waals surface area contributed by atoms with E-state index >= 15 is 0 Å². The molecule has 10 heteroatoms. The maximum absolute atomic E-state index is 12.7. The van der Waals surface area contributed by atoms with E-state index in [0.717, 1.165) is 18.9 Å². The van der Waals surface area contributed by atoms with Gasteiger partial charge in [0.2, 0.25) is 5.91 Å². The summed E-state index contributed by atoms with van der Waals surface area (Å²) in [6.45, 7) is 0.454. The Bertz CT molecular complexity index is 972. The van der Waals surface area contributed by atoms with E-state index in [1.165, 1.54) is 20.3 Å². The van der Waals surface area contributed by atoms with Gasteiger partial charge in [0.15, 0.2) is 11.5 Å². The van der Waals surface area contributed by atoms with Crippen LogP contribution in [0.5, 0.6) is 11.5 Å². The van der Waals surface area contributed by atoms with Gasteiger partial charge in [0.05, 0.1) is 24.7 Å². The number of benzene rings is 2. The molecule has 0 spiro atoms. The molecule has 0 unspecified atom stereocenters. The lowest BCUT2D eigenvalue weighted by molar-refractivity contribution is -0.385. The zero-order chi connectivity index (χ0) is 22.4. The van der Waals surface area contributed by atoms with Gasteiger partial charge in [0.1, 0.15) is 12.2 Å². The Morgan fingerprint density at radius 3 is 2.23 bits per heavy atom. The number of ether oxygens (including phenoxy) is 3. The van der Waals surface area contributed by atoms with Gasteiger partial charge in [-0.05, 0) is 37.1 Å². The Morgan fingerprint density at radius 2 is 1.68 bits per heavy atom. The molecule has 0 radical (unpaired) electrons. The second-order valence-corrected chi connectivity index (χ2v) is 6.91. The summed E-state index contributed by atoms with van der Waals surface area (Å²) in [6.07, 6.45) is 1.80. The maximum Gasteiger partial charge on any atom is 0.286 e. The third kappa shape index (κ3) is 5.70. The quantitative estimate of drug-likeness (QED) is 0.337. The molecule has 0 aromatic heterocycles. The number of hydrogen-bond donors (Lipinski definition) is 2. The molecule has 31 heavy (non-hydrogen) atoms. The summed E-state index contributed by atoms with van der Waals surface area (Å²) in [4.78, 5) is 35.4. The minimum atomic E-state index is -0.678. The van der Waals surface area contributed by atoms with Crippen molar-refractivity contribution in [2.45, 2.75) is 12.8 Å². The first-order valence-electron chi connectivity index (χ1n) is 9.63. The summed E-state index contributed by atoms with van der Waals surface area (Å²) in [7, 11) is 2.88. The number of nitrogens with one attached hydrogen (secondary N) is 2. The highest BCUT2D eigenvalue weighted by Crippen LogP contribution is 2.35. The van der Waals surface area contributed by atoms with Crippen LogP contribution >= 0.6 is 0 Å². The predicted molar refractivity (Wildman–Crippen MR) is 113 cm³/mol. The number of nitrogens with zero attached hydrogens (tertiary/aromatic N) is 1. The molecular weight excluding hydrogens is 406 g/mol. The van der Waals surface area contributed by atoms with E-state index in [2.05, 4.69) is 10.6 Å². The molecule has 1 saturated carbocycles. The summed E-state index contributed by atoms with van der Waals surface area (Å²) < 4.78 is 15.6.